The van der Waals surface area contributed by atoms with Gasteiger partial charge in [0.15, 0.2) is 6.11 Å². The third-order valence-corrected chi connectivity index (χ3v) is 1.05. The first kappa shape index (κ1) is 26.8. The van der Waals surface area contributed by atoms with Crippen LogP contribution in [-0.2, 0) is 101 Å². The van der Waals surface area contributed by atoms with Gasteiger partial charge in [-0.25, -0.2) is 4.89 Å². The fraction of sp³-hybridized carbons (Fsp3) is 0. The van der Waals surface area contributed by atoms with Crippen molar-refractivity contribution in [2.24, 2.45) is 0 Å². The van der Waals surface area contributed by atoms with E-state index in [0.29, 0.717) is 0 Å². The van der Waals surface area contributed by atoms with E-state index in [1.54, 1.807) is 0 Å². The highest BCUT2D eigenvalue weighted by Gasteiger charge is 2.00. The average molecular weight is 441 g/mol. The van der Waals surface area contributed by atoms with Crippen molar-refractivity contribution in [1.82, 2.24) is 0 Å². The quantitative estimate of drug-likeness (QED) is 0.105. The summed E-state index contributed by atoms with van der Waals surface area (Å²) in [7, 11) is 0. The van der Waals surface area contributed by atoms with E-state index in [-0.39, 0.29) is 0 Å². The van der Waals surface area contributed by atoms with E-state index in [1.165, 1.54) is 0 Å². The Bertz CT molecular complexity index is 685. The highest BCUT2D eigenvalue weighted by molar-refractivity contribution is 5.41. The summed E-state index contributed by atoms with van der Waals surface area (Å²) in [4.78, 5) is 4.04. The Kier molecular flexibility index (Phi) is 23.1. The third-order valence-electron chi connectivity index (χ3n) is 1.05. The van der Waals surface area contributed by atoms with Crippen LogP contribution >= 0.6 is 0 Å². The highest BCUT2D eigenvalue weighted by atomic mass is 18.0. The van der Waals surface area contributed by atoms with Crippen LogP contribution in [0.1, 0.15) is 0 Å². The Hall–Kier alpha value is -3.16. The lowest BCUT2D eigenvalue weighted by molar-refractivity contribution is -0.894. The molecule has 0 spiro atoms. The van der Waals surface area contributed by atoms with Crippen LogP contribution in [0.3, 0.4) is 0 Å². The Morgan fingerprint density at radius 1 is 0.400 bits per heavy atom. The second kappa shape index (κ2) is 25.8. The molecule has 0 atom stereocenters. The second-order valence-electron chi connectivity index (χ2n) is 2.43. The third kappa shape index (κ3) is 24.8. The van der Waals surface area contributed by atoms with Gasteiger partial charge < -0.3 is 0 Å². The van der Waals surface area contributed by atoms with Gasteiger partial charge in [0, 0.05) is 120 Å². The van der Waals surface area contributed by atoms with Crippen molar-refractivity contribution in [2.45, 2.75) is 0 Å². The molecule has 1 radical (unpaired) electrons. The van der Waals surface area contributed by atoms with Gasteiger partial charge in [-0.05, 0) is 23.7 Å². The van der Waals surface area contributed by atoms with Gasteiger partial charge in [0.1, 0.15) is 0 Å². The Labute approximate surface area is 162 Å². The van der Waals surface area contributed by atoms with Crippen molar-refractivity contribution in [3.63, 3.8) is 0 Å². The maximum atomic E-state index is 9.16. The molecular formula is C10HO20. The molecule has 0 amide bonds. The molecule has 0 aromatic carbocycles. The van der Waals surface area contributed by atoms with Crippen LogP contribution in [0.5, 0.6) is 0 Å². The Morgan fingerprint density at radius 3 is 1.13 bits per heavy atom. The molecule has 0 heterocycles. The second-order valence-corrected chi connectivity index (χ2v) is 2.43. The lowest BCUT2D eigenvalue weighted by atomic mass is 10.5. The van der Waals surface area contributed by atoms with Gasteiger partial charge in [-0.15, -0.1) is 6.42 Å². The van der Waals surface area contributed by atoms with Crippen LogP contribution in [0, 0.1) is 59.9 Å². The lowest BCUT2D eigenvalue weighted by Gasteiger charge is -1.98. The van der Waals surface area contributed by atoms with E-state index in [0.717, 1.165) is 0 Å². The molecule has 0 fully saturated rings. The number of rotatable bonds is 18. The smallest absolute Gasteiger partial charge is 0.174 e. The van der Waals surface area contributed by atoms with E-state index in [2.05, 4.69) is 137 Å². The fourth-order valence-corrected chi connectivity index (χ4v) is 0.451. The lowest BCUT2D eigenvalue weighted by Crippen LogP contribution is -2.05. The van der Waals surface area contributed by atoms with Crippen LogP contribution in [0.25, 0.3) is 0 Å². The minimum absolute atomic E-state index is 1.88. The molecular weight excluding hydrogens is 440 g/mol. The molecule has 0 bridgehead atoms. The number of terminal acetylenes is 1. The minimum atomic E-state index is 1.88. The molecule has 30 heavy (non-hydrogen) atoms. The van der Waals surface area contributed by atoms with E-state index in [1.807, 2.05) is 12.0 Å². The molecule has 0 aliphatic rings. The van der Waals surface area contributed by atoms with E-state index < -0.39 is 0 Å². The van der Waals surface area contributed by atoms with E-state index >= 15 is 0 Å². The maximum Gasteiger partial charge on any atom is 0.174 e. The van der Waals surface area contributed by atoms with E-state index in [4.69, 9.17) is 11.7 Å². The van der Waals surface area contributed by atoms with Crippen molar-refractivity contribution in [3.8, 4) is 59.9 Å². The number of hydrogen-bond donors (Lipinski definition) is 0. The molecule has 0 aromatic rings. The summed E-state index contributed by atoms with van der Waals surface area (Å²) in [6.07, 6.45) is 6.73. The Morgan fingerprint density at radius 2 is 0.733 bits per heavy atom. The average Bonchev–Trinajstić information content (AvgIpc) is 2.76. The van der Waals surface area contributed by atoms with Crippen molar-refractivity contribution in [3.05, 3.63) is 0 Å². The first-order valence-corrected chi connectivity index (χ1v) is 5.66. The Balaban J connectivity index is 3.24. The van der Waals surface area contributed by atoms with Crippen molar-refractivity contribution in [1.29, 1.82) is 0 Å². The molecule has 0 unspecified atom stereocenters. The summed E-state index contributed by atoms with van der Waals surface area (Å²) in [6.45, 7) is 0. The zero-order valence-electron chi connectivity index (χ0n) is 13.2. The molecule has 161 valence electrons. The highest BCUT2D eigenvalue weighted by Crippen LogP contribution is 1.93. The summed E-state index contributed by atoms with van der Waals surface area (Å²) in [6, 6.07) is 0. The summed E-state index contributed by atoms with van der Waals surface area (Å²) >= 11 is 0. The van der Waals surface area contributed by atoms with Crippen molar-refractivity contribution < 1.29 is 101 Å². The van der Waals surface area contributed by atoms with Crippen molar-refractivity contribution >= 4 is 0 Å². The van der Waals surface area contributed by atoms with Crippen LogP contribution in [0.2, 0.25) is 0 Å². The van der Waals surface area contributed by atoms with Gasteiger partial charge in [-0.3, -0.25) is 0 Å². The predicted molar refractivity (Wildman–Crippen MR) is 61.2 cm³/mol. The molecule has 0 saturated heterocycles. The van der Waals surface area contributed by atoms with Gasteiger partial charge in [0.05, 0.1) is 0 Å². The van der Waals surface area contributed by atoms with Crippen LogP contribution < -0.4 is 0 Å². The monoisotopic (exact) mass is 441 g/mol. The van der Waals surface area contributed by atoms with E-state index in [9.17, 15) is 0 Å². The van der Waals surface area contributed by atoms with Gasteiger partial charge in [-0.1, -0.05) is 0 Å². The van der Waals surface area contributed by atoms with Gasteiger partial charge in [-0.2, -0.15) is 0 Å². The first-order chi connectivity index (χ1) is 14.9. The fourth-order valence-electron chi connectivity index (χ4n) is 0.451. The topological polar surface area (TPSA) is 195 Å². The number of hydrogen-bond acceptors (Lipinski definition) is 19. The largest absolute Gasteiger partial charge is 0.249 e. The first-order valence-electron chi connectivity index (χ1n) is 5.66. The maximum absolute atomic E-state index is 9.16. The molecule has 0 rings (SSSR count). The molecule has 20 nitrogen and oxygen atoms in total. The summed E-state index contributed by atoms with van der Waals surface area (Å²) in [5, 5.41) is 71.4. The van der Waals surface area contributed by atoms with Crippen LogP contribution in [0.15, 0.2) is 0 Å². The van der Waals surface area contributed by atoms with Gasteiger partial charge in [0.2, 0.25) is 0 Å². The van der Waals surface area contributed by atoms with Gasteiger partial charge in [0.25, 0.3) is 0 Å². The molecule has 0 aliphatic carbocycles. The summed E-state index contributed by atoms with van der Waals surface area (Å²) in [5.41, 5.74) is 0. The molecule has 0 N–H and O–H groups in total. The van der Waals surface area contributed by atoms with Crippen LogP contribution in [0.4, 0.5) is 0 Å². The molecule has 20 heteroatoms. The van der Waals surface area contributed by atoms with Crippen molar-refractivity contribution in [2.75, 3.05) is 0 Å². The summed E-state index contributed by atoms with van der Waals surface area (Å²) in [5.74, 6) is 17.9. The van der Waals surface area contributed by atoms with Crippen LogP contribution in [-0.4, -0.2) is 0 Å². The molecule has 0 aromatic heterocycles. The van der Waals surface area contributed by atoms with Gasteiger partial charge >= 0.3 is 0 Å². The zero-order valence-corrected chi connectivity index (χ0v) is 13.2. The summed E-state index contributed by atoms with van der Waals surface area (Å²) < 4.78 is 0. The minimum Gasteiger partial charge on any atom is -0.249 e. The zero-order chi connectivity index (χ0) is 21.8. The predicted octanol–water partition coefficient (Wildman–Crippen LogP) is -1.28. The molecule has 0 aliphatic heterocycles. The normalized spacial score (nSPS) is 8.80. The standard InChI is InChI=1S/C10HO20/c1-2-3-4-5-6-7-8-9-10-12-14-16-18-20-22-24-26-28-30-29-27-25-23-21-19-17-15-13-11/h1H. The SMILES string of the molecule is C#CC#CC#CC#CC#COOOOOOOOOOOOOOOOOOO[O]. The molecule has 0 saturated carbocycles.